The Morgan fingerprint density at radius 3 is 2.79 bits per heavy atom. The Bertz CT molecular complexity index is 743. The van der Waals surface area contributed by atoms with Crippen molar-refractivity contribution < 1.29 is 18.7 Å². The molecule has 2 aliphatic rings. The van der Waals surface area contributed by atoms with Gasteiger partial charge in [-0.1, -0.05) is 23.9 Å². The third-order valence-electron chi connectivity index (χ3n) is 3.89. The quantitative estimate of drug-likeness (QED) is 0.788. The number of hydrogen-bond acceptors (Lipinski definition) is 5. The normalized spacial score (nSPS) is 20.6. The van der Waals surface area contributed by atoms with Gasteiger partial charge in [-0.05, 0) is 31.5 Å². The minimum Gasteiger partial charge on any atom is -0.463 e. The highest BCUT2D eigenvalue weighted by atomic mass is 32.2. The van der Waals surface area contributed by atoms with E-state index < -0.39 is 12.0 Å². The van der Waals surface area contributed by atoms with E-state index in [1.165, 1.54) is 28.8 Å². The molecule has 1 fully saturated rings. The van der Waals surface area contributed by atoms with Crippen molar-refractivity contribution in [1.29, 1.82) is 0 Å². The Labute approximate surface area is 143 Å². The molecule has 0 spiro atoms. The highest BCUT2D eigenvalue weighted by Gasteiger charge is 2.41. The molecule has 1 atom stereocenters. The summed E-state index contributed by atoms with van der Waals surface area (Å²) in [5.41, 5.74) is 1.50. The van der Waals surface area contributed by atoms with Gasteiger partial charge in [-0.25, -0.2) is 14.2 Å². The van der Waals surface area contributed by atoms with Crippen LogP contribution in [0.25, 0.3) is 0 Å². The van der Waals surface area contributed by atoms with Crippen molar-refractivity contribution in [2.45, 2.75) is 26.3 Å². The van der Waals surface area contributed by atoms with Crippen LogP contribution in [-0.4, -0.2) is 34.3 Å². The number of aliphatic imine (C=N–C) groups is 1. The minimum absolute atomic E-state index is 0.101. The summed E-state index contributed by atoms with van der Waals surface area (Å²) in [7, 11) is 0. The number of benzene rings is 1. The monoisotopic (exact) mass is 348 g/mol. The maximum atomic E-state index is 13.3. The SMILES string of the molecule is CCOC(=O)C1=C(C)N=C2SCCC(=O)N2C1c1ccc(F)cc1. The predicted molar refractivity (Wildman–Crippen MR) is 89.8 cm³/mol. The van der Waals surface area contributed by atoms with Crippen molar-refractivity contribution in [3.8, 4) is 0 Å². The van der Waals surface area contributed by atoms with Gasteiger partial charge in [-0.2, -0.15) is 0 Å². The number of halogens is 1. The molecular weight excluding hydrogens is 331 g/mol. The molecule has 0 aliphatic carbocycles. The number of amides is 1. The van der Waals surface area contributed by atoms with Gasteiger partial charge in [0.05, 0.1) is 23.9 Å². The average Bonchev–Trinajstić information content (AvgIpc) is 2.55. The van der Waals surface area contributed by atoms with Gasteiger partial charge in [0.25, 0.3) is 0 Å². The van der Waals surface area contributed by atoms with E-state index in [0.717, 1.165) is 0 Å². The van der Waals surface area contributed by atoms with Gasteiger partial charge in [-0.3, -0.25) is 9.69 Å². The van der Waals surface area contributed by atoms with Gasteiger partial charge in [0.15, 0.2) is 5.17 Å². The number of rotatable bonds is 3. The molecule has 0 saturated carbocycles. The van der Waals surface area contributed by atoms with Crippen molar-refractivity contribution in [2.24, 2.45) is 4.99 Å². The lowest BCUT2D eigenvalue weighted by molar-refractivity contribution is -0.139. The van der Waals surface area contributed by atoms with Gasteiger partial charge < -0.3 is 4.74 Å². The van der Waals surface area contributed by atoms with Crippen LogP contribution in [-0.2, 0) is 14.3 Å². The van der Waals surface area contributed by atoms with Gasteiger partial charge >= 0.3 is 5.97 Å². The number of fused-ring (bicyclic) bond motifs is 1. The highest BCUT2D eigenvalue weighted by molar-refractivity contribution is 8.14. The standard InChI is InChI=1S/C17H17FN2O3S/c1-3-23-16(22)14-10(2)19-17-20(13(21)8-9-24-17)15(14)11-4-6-12(18)7-5-11/h4-7,15H,3,8-9H2,1-2H3. The number of hydrogen-bond donors (Lipinski definition) is 0. The van der Waals surface area contributed by atoms with Crippen molar-refractivity contribution in [3.05, 3.63) is 46.9 Å². The maximum Gasteiger partial charge on any atom is 0.338 e. The zero-order chi connectivity index (χ0) is 17.3. The number of esters is 1. The van der Waals surface area contributed by atoms with Crippen LogP contribution in [0.5, 0.6) is 0 Å². The lowest BCUT2D eigenvalue weighted by Gasteiger charge is -2.38. The summed E-state index contributed by atoms with van der Waals surface area (Å²) in [6.07, 6.45) is 0.372. The van der Waals surface area contributed by atoms with Crippen LogP contribution >= 0.6 is 11.8 Å². The Morgan fingerprint density at radius 1 is 1.42 bits per heavy atom. The summed E-state index contributed by atoms with van der Waals surface area (Å²) >= 11 is 1.48. The topological polar surface area (TPSA) is 59.0 Å². The van der Waals surface area contributed by atoms with E-state index in [1.807, 2.05) is 0 Å². The molecule has 1 aromatic rings. The number of carbonyl (C=O) groups is 2. The molecule has 1 saturated heterocycles. The fourth-order valence-electron chi connectivity index (χ4n) is 2.83. The summed E-state index contributed by atoms with van der Waals surface area (Å²) in [5, 5.41) is 0.575. The second-order valence-corrected chi connectivity index (χ2v) is 6.49. The maximum absolute atomic E-state index is 13.3. The first-order valence-electron chi connectivity index (χ1n) is 7.69. The van der Waals surface area contributed by atoms with Crippen LogP contribution in [0.2, 0.25) is 0 Å². The van der Waals surface area contributed by atoms with Crippen molar-refractivity contribution in [3.63, 3.8) is 0 Å². The van der Waals surface area contributed by atoms with Crippen molar-refractivity contribution >= 4 is 28.8 Å². The van der Waals surface area contributed by atoms with Crippen molar-refractivity contribution in [1.82, 2.24) is 4.90 Å². The molecule has 0 N–H and O–H groups in total. The minimum atomic E-state index is -0.641. The number of amidine groups is 1. The summed E-state index contributed by atoms with van der Waals surface area (Å²) < 4.78 is 18.5. The van der Waals surface area contributed by atoms with Crippen LogP contribution < -0.4 is 0 Å². The molecule has 2 heterocycles. The Kier molecular flexibility index (Phi) is 4.71. The van der Waals surface area contributed by atoms with Crippen LogP contribution in [0.15, 0.2) is 40.5 Å². The Morgan fingerprint density at radius 2 is 2.12 bits per heavy atom. The number of thioether (sulfide) groups is 1. The van der Waals surface area contributed by atoms with Gasteiger partial charge in [0.1, 0.15) is 5.82 Å². The first kappa shape index (κ1) is 16.7. The second-order valence-electron chi connectivity index (χ2n) is 5.43. The number of carbonyl (C=O) groups excluding carboxylic acids is 2. The van der Waals surface area contributed by atoms with E-state index in [-0.39, 0.29) is 18.3 Å². The first-order chi connectivity index (χ1) is 11.5. The summed E-state index contributed by atoms with van der Waals surface area (Å²) in [6.45, 7) is 3.68. The predicted octanol–water partition coefficient (Wildman–Crippen LogP) is 3.04. The zero-order valence-electron chi connectivity index (χ0n) is 13.4. The molecule has 1 amide bonds. The van der Waals surface area contributed by atoms with Gasteiger partial charge in [0, 0.05) is 12.2 Å². The highest BCUT2D eigenvalue weighted by Crippen LogP contribution is 2.40. The fraction of sp³-hybridized carbons (Fsp3) is 0.353. The van der Waals surface area contributed by atoms with Gasteiger partial charge in [0.2, 0.25) is 5.91 Å². The Hall–Kier alpha value is -2.15. The van der Waals surface area contributed by atoms with Crippen LogP contribution in [0.3, 0.4) is 0 Å². The molecule has 2 aliphatic heterocycles. The van der Waals surface area contributed by atoms with E-state index >= 15 is 0 Å². The second kappa shape index (κ2) is 6.76. The molecule has 3 rings (SSSR count). The van der Waals surface area contributed by atoms with Crippen LogP contribution in [0.4, 0.5) is 4.39 Å². The molecule has 24 heavy (non-hydrogen) atoms. The number of ether oxygens (including phenoxy) is 1. The van der Waals surface area contributed by atoms with Crippen LogP contribution in [0.1, 0.15) is 31.9 Å². The molecule has 126 valence electrons. The first-order valence-corrected chi connectivity index (χ1v) is 8.68. The van der Waals surface area contributed by atoms with E-state index in [0.29, 0.717) is 34.2 Å². The van der Waals surface area contributed by atoms with E-state index in [2.05, 4.69) is 4.99 Å². The molecule has 5 nitrogen and oxygen atoms in total. The summed E-state index contributed by atoms with van der Waals surface area (Å²) in [4.78, 5) is 30.9. The molecule has 1 aromatic carbocycles. The molecule has 7 heteroatoms. The molecule has 1 unspecified atom stereocenters. The van der Waals surface area contributed by atoms with E-state index in [4.69, 9.17) is 4.74 Å². The Balaban J connectivity index is 2.14. The summed E-state index contributed by atoms with van der Waals surface area (Å²) in [6, 6.07) is 5.17. The third-order valence-corrected chi connectivity index (χ3v) is 4.84. The molecule has 0 bridgehead atoms. The van der Waals surface area contributed by atoms with Gasteiger partial charge in [-0.15, -0.1) is 0 Å². The van der Waals surface area contributed by atoms with Crippen molar-refractivity contribution in [2.75, 3.05) is 12.4 Å². The zero-order valence-corrected chi connectivity index (χ0v) is 14.2. The smallest absolute Gasteiger partial charge is 0.338 e. The third kappa shape index (κ3) is 2.96. The van der Waals surface area contributed by atoms with Crippen LogP contribution in [0, 0.1) is 5.82 Å². The lowest BCUT2D eigenvalue weighted by atomic mass is 9.94. The lowest BCUT2D eigenvalue weighted by Crippen LogP contribution is -2.45. The molecule has 0 radical (unpaired) electrons. The average molecular weight is 348 g/mol. The summed E-state index contributed by atoms with van der Waals surface area (Å²) in [5.74, 6) is -0.320. The fourth-order valence-corrected chi connectivity index (χ4v) is 3.83. The van der Waals surface area contributed by atoms with E-state index in [1.54, 1.807) is 26.0 Å². The number of nitrogens with zero attached hydrogens (tertiary/aromatic N) is 2. The molecular formula is C17H17FN2O3S. The van der Waals surface area contributed by atoms with E-state index in [9.17, 15) is 14.0 Å². The largest absolute Gasteiger partial charge is 0.463 e. The number of allylic oxidation sites excluding steroid dienone is 1. The molecule has 0 aromatic heterocycles.